The van der Waals surface area contributed by atoms with Crippen molar-refractivity contribution in [3.05, 3.63) is 53.6 Å². The van der Waals surface area contributed by atoms with E-state index in [1.807, 2.05) is 37.3 Å². The molecule has 7 nitrogen and oxygen atoms in total. The van der Waals surface area contributed by atoms with Crippen molar-refractivity contribution in [2.24, 2.45) is 10.7 Å². The van der Waals surface area contributed by atoms with Gasteiger partial charge >= 0.3 is 0 Å². The van der Waals surface area contributed by atoms with Crippen LogP contribution in [0.3, 0.4) is 0 Å². The van der Waals surface area contributed by atoms with Crippen LogP contribution in [0.2, 0.25) is 0 Å². The van der Waals surface area contributed by atoms with Gasteiger partial charge in [-0.25, -0.2) is 4.99 Å². The summed E-state index contributed by atoms with van der Waals surface area (Å²) in [5.41, 5.74) is 15.8. The molecule has 0 aliphatic carbocycles. The van der Waals surface area contributed by atoms with E-state index in [1.165, 1.54) is 0 Å². The third-order valence-corrected chi connectivity index (χ3v) is 6.24. The van der Waals surface area contributed by atoms with Crippen LogP contribution in [-0.4, -0.2) is 29.0 Å². The zero-order valence-electron chi connectivity index (χ0n) is 18.5. The molecule has 1 aliphatic rings. The van der Waals surface area contributed by atoms with Gasteiger partial charge in [0.05, 0.1) is 17.1 Å². The number of benzene rings is 2. The number of hydrogen-bond acceptors (Lipinski definition) is 6. The van der Waals surface area contributed by atoms with Crippen LogP contribution in [0, 0.1) is 0 Å². The molecule has 7 N–H and O–H groups in total. The number of carbonyl (C=O) groups is 1. The standard InChI is InChI=1S/C23H32N6OS/c1-14-26-20(13-31-14)21(30)29-22(27-16-9-10-18(25)15(11-16)12-24)28-19-8-6-5-7-17(19)23(2,3)4/h5-11,14,20,26H,12-13,24-25H2,1-4H3,(H2,27,28,29,30). The monoisotopic (exact) mass is 440 g/mol. The van der Waals surface area contributed by atoms with E-state index in [0.29, 0.717) is 18.2 Å². The van der Waals surface area contributed by atoms with Gasteiger partial charge in [0.15, 0.2) is 0 Å². The second-order valence-corrected chi connectivity index (χ2v) is 10.0. The summed E-state index contributed by atoms with van der Waals surface area (Å²) in [6.07, 6.45) is 0. The van der Waals surface area contributed by atoms with Gasteiger partial charge in [-0.05, 0) is 47.7 Å². The Labute approximate surface area is 188 Å². The zero-order chi connectivity index (χ0) is 22.6. The molecule has 0 aromatic heterocycles. The van der Waals surface area contributed by atoms with Crippen LogP contribution in [0.5, 0.6) is 0 Å². The zero-order valence-corrected chi connectivity index (χ0v) is 19.3. The topological polar surface area (TPSA) is 118 Å². The number of amides is 1. The summed E-state index contributed by atoms with van der Waals surface area (Å²) in [6, 6.07) is 13.2. The van der Waals surface area contributed by atoms with Crippen LogP contribution in [-0.2, 0) is 16.8 Å². The Hall–Kier alpha value is -2.55. The lowest BCUT2D eigenvalue weighted by atomic mass is 9.86. The predicted octanol–water partition coefficient (Wildman–Crippen LogP) is 3.29. The van der Waals surface area contributed by atoms with Gasteiger partial charge in [0, 0.05) is 23.7 Å². The highest BCUT2D eigenvalue weighted by Gasteiger charge is 2.28. The number of nitrogen functional groups attached to an aromatic ring is 1. The summed E-state index contributed by atoms with van der Waals surface area (Å²) >= 11 is 1.72. The smallest absolute Gasteiger partial charge is 0.244 e. The molecule has 166 valence electrons. The van der Waals surface area contributed by atoms with Gasteiger partial charge in [0.1, 0.15) is 0 Å². The molecule has 0 bridgehead atoms. The summed E-state index contributed by atoms with van der Waals surface area (Å²) in [7, 11) is 0. The molecule has 1 saturated heterocycles. The number of nitrogens with one attached hydrogen (secondary N) is 3. The first kappa shape index (κ1) is 23.1. The number of thioether (sulfide) groups is 1. The number of nitrogens with zero attached hydrogens (tertiary/aromatic N) is 1. The second kappa shape index (κ2) is 9.72. The fourth-order valence-corrected chi connectivity index (χ4v) is 4.37. The molecule has 0 saturated carbocycles. The molecule has 1 fully saturated rings. The molecule has 2 aromatic rings. The Morgan fingerprint density at radius 3 is 2.65 bits per heavy atom. The average molecular weight is 441 g/mol. The number of para-hydroxylation sites is 1. The lowest BCUT2D eigenvalue weighted by molar-refractivity contribution is -0.121. The first-order chi connectivity index (χ1) is 14.7. The number of guanidine groups is 1. The molecule has 1 heterocycles. The Balaban J connectivity index is 1.94. The molecule has 1 amide bonds. The van der Waals surface area contributed by atoms with Gasteiger partial charge in [0.2, 0.25) is 11.9 Å². The molecular weight excluding hydrogens is 408 g/mol. The lowest BCUT2D eigenvalue weighted by Gasteiger charge is -2.22. The van der Waals surface area contributed by atoms with Crippen LogP contribution in [0.25, 0.3) is 0 Å². The van der Waals surface area contributed by atoms with Crippen molar-refractivity contribution >= 4 is 40.7 Å². The van der Waals surface area contributed by atoms with E-state index in [9.17, 15) is 4.79 Å². The maximum Gasteiger partial charge on any atom is 0.244 e. The lowest BCUT2D eigenvalue weighted by Crippen LogP contribution is -2.47. The quantitative estimate of drug-likeness (QED) is 0.283. The third-order valence-electron chi connectivity index (χ3n) is 5.08. The Kier molecular flexibility index (Phi) is 7.25. The van der Waals surface area contributed by atoms with Gasteiger partial charge in [-0.15, -0.1) is 11.8 Å². The van der Waals surface area contributed by atoms with Crippen molar-refractivity contribution in [2.45, 2.75) is 51.1 Å². The summed E-state index contributed by atoms with van der Waals surface area (Å²) in [5, 5.41) is 9.74. The number of anilines is 2. The van der Waals surface area contributed by atoms with Crippen LogP contribution >= 0.6 is 11.8 Å². The largest absolute Gasteiger partial charge is 0.398 e. The van der Waals surface area contributed by atoms with E-state index in [0.717, 1.165) is 28.3 Å². The van der Waals surface area contributed by atoms with Crippen molar-refractivity contribution in [1.29, 1.82) is 0 Å². The molecule has 1 aliphatic heterocycles. The van der Waals surface area contributed by atoms with Crippen molar-refractivity contribution in [3.8, 4) is 0 Å². The SMILES string of the molecule is CC1NC(C(=O)NC(=Nc2ccccc2C(C)(C)C)Nc2ccc(N)c(CN)c2)CS1. The van der Waals surface area contributed by atoms with Crippen LogP contribution in [0.1, 0.15) is 38.8 Å². The third kappa shape index (κ3) is 6.00. The van der Waals surface area contributed by atoms with Gasteiger partial charge < -0.3 is 16.8 Å². The summed E-state index contributed by atoms with van der Waals surface area (Å²) in [6.45, 7) is 8.80. The van der Waals surface area contributed by atoms with Crippen molar-refractivity contribution in [1.82, 2.24) is 10.6 Å². The van der Waals surface area contributed by atoms with E-state index in [-0.39, 0.29) is 22.7 Å². The highest BCUT2D eigenvalue weighted by atomic mass is 32.2. The number of carbonyl (C=O) groups excluding carboxylic acids is 1. The highest BCUT2D eigenvalue weighted by molar-refractivity contribution is 8.00. The fraction of sp³-hybridized carbons (Fsp3) is 0.391. The van der Waals surface area contributed by atoms with Crippen LogP contribution in [0.15, 0.2) is 47.5 Å². The minimum Gasteiger partial charge on any atom is -0.398 e. The maximum absolute atomic E-state index is 12.9. The molecule has 31 heavy (non-hydrogen) atoms. The molecule has 8 heteroatoms. The van der Waals surface area contributed by atoms with Crippen LogP contribution < -0.4 is 27.4 Å². The summed E-state index contributed by atoms with van der Waals surface area (Å²) < 4.78 is 0. The second-order valence-electron chi connectivity index (χ2n) is 8.65. The molecule has 2 unspecified atom stereocenters. The van der Waals surface area contributed by atoms with Gasteiger partial charge in [-0.2, -0.15) is 0 Å². The Bertz CT molecular complexity index is 969. The Morgan fingerprint density at radius 2 is 2.00 bits per heavy atom. The van der Waals surface area contributed by atoms with Gasteiger partial charge in [0.25, 0.3) is 0 Å². The highest BCUT2D eigenvalue weighted by Crippen LogP contribution is 2.31. The average Bonchev–Trinajstić information content (AvgIpc) is 3.15. The van der Waals surface area contributed by atoms with E-state index in [2.05, 4.69) is 42.8 Å². The Morgan fingerprint density at radius 1 is 1.26 bits per heavy atom. The first-order valence-electron chi connectivity index (χ1n) is 10.4. The molecule has 2 atom stereocenters. The molecule has 0 spiro atoms. The minimum absolute atomic E-state index is 0.0950. The van der Waals surface area contributed by atoms with Crippen molar-refractivity contribution in [3.63, 3.8) is 0 Å². The number of hydrogen-bond donors (Lipinski definition) is 5. The van der Waals surface area contributed by atoms with E-state index in [4.69, 9.17) is 16.5 Å². The molecule has 0 radical (unpaired) electrons. The van der Waals surface area contributed by atoms with Gasteiger partial charge in [-0.3, -0.25) is 15.4 Å². The molecule has 3 rings (SSSR count). The van der Waals surface area contributed by atoms with Crippen molar-refractivity contribution < 1.29 is 4.79 Å². The van der Waals surface area contributed by atoms with E-state index >= 15 is 0 Å². The van der Waals surface area contributed by atoms with E-state index in [1.54, 1.807) is 17.8 Å². The molecule has 2 aromatic carbocycles. The van der Waals surface area contributed by atoms with Crippen LogP contribution in [0.4, 0.5) is 17.1 Å². The number of rotatable bonds is 4. The molecular formula is C23H32N6OS. The van der Waals surface area contributed by atoms with Gasteiger partial charge in [-0.1, -0.05) is 39.0 Å². The number of aliphatic imine (C=N–C) groups is 1. The van der Waals surface area contributed by atoms with Crippen molar-refractivity contribution in [2.75, 3.05) is 16.8 Å². The first-order valence-corrected chi connectivity index (χ1v) is 11.4. The summed E-state index contributed by atoms with van der Waals surface area (Å²) in [5.74, 6) is 0.963. The summed E-state index contributed by atoms with van der Waals surface area (Å²) in [4.78, 5) is 17.7. The normalized spacial score (nSPS) is 19.3. The minimum atomic E-state index is -0.268. The predicted molar refractivity (Wildman–Crippen MR) is 132 cm³/mol. The number of nitrogens with two attached hydrogens (primary N) is 2. The fourth-order valence-electron chi connectivity index (χ4n) is 3.39. The maximum atomic E-state index is 12.9. The van der Waals surface area contributed by atoms with E-state index < -0.39 is 0 Å².